The second-order valence-electron chi connectivity index (χ2n) is 4.19. The summed E-state index contributed by atoms with van der Waals surface area (Å²) in [6.45, 7) is -1.79. The topological polar surface area (TPSA) is 65.5 Å². The van der Waals surface area contributed by atoms with Crippen molar-refractivity contribution in [3.05, 3.63) is 24.5 Å². The van der Waals surface area contributed by atoms with Crippen LogP contribution in [0.4, 0.5) is 18.9 Å². The van der Waals surface area contributed by atoms with E-state index in [0.717, 1.165) is 4.90 Å². The predicted molar refractivity (Wildman–Crippen MR) is 67.1 cm³/mol. The van der Waals surface area contributed by atoms with Crippen molar-refractivity contribution in [2.24, 2.45) is 0 Å². The van der Waals surface area contributed by atoms with Gasteiger partial charge < -0.3 is 10.4 Å². The molecule has 5 nitrogen and oxygen atoms in total. The van der Waals surface area contributed by atoms with Crippen molar-refractivity contribution in [1.82, 2.24) is 9.88 Å². The number of nitrogens with zero attached hydrogens (tertiary/aromatic N) is 2. The van der Waals surface area contributed by atoms with Gasteiger partial charge in [-0.05, 0) is 18.6 Å². The number of carbonyl (C=O) groups is 1. The Morgan fingerprint density at radius 1 is 1.35 bits per heavy atom. The number of carbonyl (C=O) groups excluding carboxylic acids is 1. The second kappa shape index (κ2) is 7.81. The molecule has 0 spiro atoms. The van der Waals surface area contributed by atoms with Crippen LogP contribution in [0.5, 0.6) is 0 Å². The van der Waals surface area contributed by atoms with Crippen LogP contribution >= 0.6 is 0 Å². The maximum atomic E-state index is 12.4. The molecule has 8 heteroatoms. The van der Waals surface area contributed by atoms with Crippen LogP contribution in [0.2, 0.25) is 0 Å². The Hall–Kier alpha value is -1.67. The van der Waals surface area contributed by atoms with E-state index < -0.39 is 18.6 Å². The number of alkyl halides is 3. The van der Waals surface area contributed by atoms with Crippen molar-refractivity contribution in [3.63, 3.8) is 0 Å². The first-order valence-electron chi connectivity index (χ1n) is 6.00. The molecule has 1 amide bonds. The number of anilines is 1. The van der Waals surface area contributed by atoms with Crippen LogP contribution in [-0.2, 0) is 4.79 Å². The van der Waals surface area contributed by atoms with Gasteiger partial charge in [0.1, 0.15) is 0 Å². The molecule has 1 rings (SSSR count). The van der Waals surface area contributed by atoms with Crippen molar-refractivity contribution in [2.45, 2.75) is 12.6 Å². The number of nitrogens with one attached hydrogen (secondary N) is 1. The van der Waals surface area contributed by atoms with Crippen LogP contribution in [-0.4, -0.2) is 53.3 Å². The highest BCUT2D eigenvalue weighted by atomic mass is 19.4. The summed E-state index contributed by atoms with van der Waals surface area (Å²) in [5.74, 6) is -0.543. The Morgan fingerprint density at radius 3 is 2.55 bits per heavy atom. The zero-order valence-electron chi connectivity index (χ0n) is 10.7. The number of aliphatic hydroxyl groups excluding tert-OH is 1. The Kier molecular flexibility index (Phi) is 6.40. The molecule has 1 aromatic heterocycles. The van der Waals surface area contributed by atoms with Crippen LogP contribution in [0.25, 0.3) is 0 Å². The SMILES string of the molecule is O=C(CN(CCCO)CC(F)(F)F)Nc1ccncc1. The molecule has 2 N–H and O–H groups in total. The van der Waals surface area contributed by atoms with Gasteiger partial charge >= 0.3 is 6.18 Å². The third-order valence-corrected chi connectivity index (χ3v) is 2.37. The summed E-state index contributed by atoms with van der Waals surface area (Å²) in [5.41, 5.74) is 0.471. The highest BCUT2D eigenvalue weighted by molar-refractivity contribution is 5.92. The average molecular weight is 291 g/mol. The Labute approximate surface area is 114 Å². The van der Waals surface area contributed by atoms with Crippen molar-refractivity contribution in [1.29, 1.82) is 0 Å². The molecule has 0 atom stereocenters. The van der Waals surface area contributed by atoms with Crippen LogP contribution in [0, 0.1) is 0 Å². The van der Waals surface area contributed by atoms with Crippen LogP contribution < -0.4 is 5.32 Å². The number of hydrogen-bond acceptors (Lipinski definition) is 4. The van der Waals surface area contributed by atoms with E-state index in [1.807, 2.05) is 0 Å². The zero-order valence-corrected chi connectivity index (χ0v) is 10.7. The summed E-state index contributed by atoms with van der Waals surface area (Å²) < 4.78 is 37.1. The van der Waals surface area contributed by atoms with E-state index in [0.29, 0.717) is 5.69 Å². The molecule has 0 bridgehead atoms. The summed E-state index contributed by atoms with van der Waals surface area (Å²) in [7, 11) is 0. The van der Waals surface area contributed by atoms with Gasteiger partial charge in [-0.1, -0.05) is 0 Å². The Morgan fingerprint density at radius 2 is 2.00 bits per heavy atom. The lowest BCUT2D eigenvalue weighted by Crippen LogP contribution is -2.40. The van der Waals surface area contributed by atoms with Gasteiger partial charge in [-0.15, -0.1) is 0 Å². The fourth-order valence-electron chi connectivity index (χ4n) is 1.60. The van der Waals surface area contributed by atoms with E-state index in [1.165, 1.54) is 12.4 Å². The summed E-state index contributed by atoms with van der Waals surface area (Å²) in [4.78, 5) is 16.4. The normalized spacial score (nSPS) is 11.7. The zero-order chi connectivity index (χ0) is 15.0. The Balaban J connectivity index is 2.52. The lowest BCUT2D eigenvalue weighted by Gasteiger charge is -2.22. The van der Waals surface area contributed by atoms with Gasteiger partial charge in [-0.3, -0.25) is 14.7 Å². The van der Waals surface area contributed by atoms with Crippen molar-refractivity contribution < 1.29 is 23.1 Å². The number of halogens is 3. The molecule has 0 fully saturated rings. The molecule has 0 aromatic carbocycles. The first-order chi connectivity index (χ1) is 9.40. The number of rotatable bonds is 7. The molecular weight excluding hydrogens is 275 g/mol. The standard InChI is InChI=1S/C12H16F3N3O2/c13-12(14,15)9-18(6-1-7-19)8-11(20)17-10-2-4-16-5-3-10/h2-5,19H,1,6-9H2,(H,16,17,20). The minimum absolute atomic E-state index is 0.000223. The fourth-order valence-corrected chi connectivity index (χ4v) is 1.60. The average Bonchev–Trinajstić information content (AvgIpc) is 2.35. The summed E-state index contributed by atoms with van der Waals surface area (Å²) in [6, 6.07) is 3.08. The number of hydrogen-bond donors (Lipinski definition) is 2. The van der Waals surface area contributed by atoms with E-state index in [9.17, 15) is 18.0 Å². The van der Waals surface area contributed by atoms with E-state index in [4.69, 9.17) is 5.11 Å². The Bertz CT molecular complexity index is 412. The van der Waals surface area contributed by atoms with Crippen molar-refractivity contribution in [2.75, 3.05) is 31.6 Å². The van der Waals surface area contributed by atoms with Crippen LogP contribution in [0.1, 0.15) is 6.42 Å². The third-order valence-electron chi connectivity index (χ3n) is 2.37. The maximum absolute atomic E-state index is 12.4. The van der Waals surface area contributed by atoms with E-state index in [-0.39, 0.29) is 26.1 Å². The van der Waals surface area contributed by atoms with E-state index in [1.54, 1.807) is 12.1 Å². The molecule has 1 heterocycles. The summed E-state index contributed by atoms with van der Waals surface area (Å²) in [6.07, 6.45) is -1.27. The molecule has 0 unspecified atom stereocenters. The number of amides is 1. The van der Waals surface area contributed by atoms with Crippen LogP contribution in [0.3, 0.4) is 0 Å². The molecule has 1 aromatic rings. The lowest BCUT2D eigenvalue weighted by atomic mass is 10.3. The second-order valence-corrected chi connectivity index (χ2v) is 4.19. The lowest BCUT2D eigenvalue weighted by molar-refractivity contribution is -0.148. The van der Waals surface area contributed by atoms with Crippen molar-refractivity contribution >= 4 is 11.6 Å². The minimum Gasteiger partial charge on any atom is -0.396 e. The molecule has 20 heavy (non-hydrogen) atoms. The summed E-state index contributed by atoms with van der Waals surface area (Å²) >= 11 is 0. The van der Waals surface area contributed by atoms with Gasteiger partial charge in [0.05, 0.1) is 13.1 Å². The van der Waals surface area contributed by atoms with E-state index in [2.05, 4.69) is 10.3 Å². The highest BCUT2D eigenvalue weighted by Crippen LogP contribution is 2.16. The fraction of sp³-hybridized carbons (Fsp3) is 0.500. The molecule has 112 valence electrons. The van der Waals surface area contributed by atoms with E-state index >= 15 is 0 Å². The van der Waals surface area contributed by atoms with Gasteiger partial charge in [0.15, 0.2) is 0 Å². The highest BCUT2D eigenvalue weighted by Gasteiger charge is 2.31. The van der Waals surface area contributed by atoms with Gasteiger partial charge in [-0.2, -0.15) is 13.2 Å². The van der Waals surface area contributed by atoms with Gasteiger partial charge in [0.2, 0.25) is 5.91 Å². The first-order valence-corrected chi connectivity index (χ1v) is 6.00. The molecular formula is C12H16F3N3O2. The number of aromatic nitrogens is 1. The quantitative estimate of drug-likeness (QED) is 0.794. The first kappa shape index (κ1) is 16.4. The van der Waals surface area contributed by atoms with Gasteiger partial charge in [-0.25, -0.2) is 0 Å². The van der Waals surface area contributed by atoms with Gasteiger partial charge in [0, 0.05) is 31.2 Å². The third kappa shape index (κ3) is 7.05. The predicted octanol–water partition coefficient (Wildman–Crippen LogP) is 1.27. The molecule has 0 saturated carbocycles. The number of aliphatic hydroxyl groups is 1. The summed E-state index contributed by atoms with van der Waals surface area (Å²) in [5, 5.41) is 11.2. The molecule has 0 saturated heterocycles. The molecule has 0 aliphatic heterocycles. The van der Waals surface area contributed by atoms with Crippen LogP contribution in [0.15, 0.2) is 24.5 Å². The van der Waals surface area contributed by atoms with Gasteiger partial charge in [0.25, 0.3) is 0 Å². The largest absolute Gasteiger partial charge is 0.401 e. The number of pyridine rings is 1. The monoisotopic (exact) mass is 291 g/mol. The maximum Gasteiger partial charge on any atom is 0.401 e. The minimum atomic E-state index is -4.38. The molecule has 0 radical (unpaired) electrons. The smallest absolute Gasteiger partial charge is 0.396 e. The molecule has 0 aliphatic carbocycles. The molecule has 0 aliphatic rings. The van der Waals surface area contributed by atoms with Crippen molar-refractivity contribution in [3.8, 4) is 0 Å².